The summed E-state index contributed by atoms with van der Waals surface area (Å²) >= 11 is 3.04. The fraction of sp³-hybridized carbons (Fsp3) is 0.333. The second-order valence-corrected chi connectivity index (χ2v) is 5.09. The Kier molecular flexibility index (Phi) is 3.28. The molecule has 0 bridgehead atoms. The van der Waals surface area contributed by atoms with Gasteiger partial charge < -0.3 is 0 Å². The van der Waals surface area contributed by atoms with Gasteiger partial charge in [0.15, 0.2) is 0 Å². The number of carbonyl (C=O) groups excluding carboxylic acids is 2. The number of rotatable bonds is 1. The van der Waals surface area contributed by atoms with Crippen LogP contribution in [-0.2, 0) is 9.59 Å². The highest BCUT2D eigenvalue weighted by Crippen LogP contribution is 2.28. The molecule has 1 fully saturated rings. The van der Waals surface area contributed by atoms with Crippen LogP contribution in [0.2, 0.25) is 0 Å². The molecular weight excluding hydrogens is 289 g/mol. The number of piperidine rings is 1. The van der Waals surface area contributed by atoms with Gasteiger partial charge in [-0.2, -0.15) is 0 Å². The van der Waals surface area contributed by atoms with Gasteiger partial charge in [0.25, 0.3) is 0 Å². The Labute approximate surface area is 107 Å². The van der Waals surface area contributed by atoms with Gasteiger partial charge in [-0.1, -0.05) is 6.92 Å². The number of amides is 2. The predicted molar refractivity (Wildman–Crippen MR) is 65.0 cm³/mol. The van der Waals surface area contributed by atoms with Gasteiger partial charge in [-0.15, -0.1) is 0 Å². The van der Waals surface area contributed by atoms with Gasteiger partial charge >= 0.3 is 0 Å². The molecular formula is C12H11BrFNO2. The van der Waals surface area contributed by atoms with Crippen molar-refractivity contribution in [2.24, 2.45) is 5.92 Å². The minimum atomic E-state index is -0.418. The van der Waals surface area contributed by atoms with Gasteiger partial charge in [-0.05, 0) is 40.0 Å². The van der Waals surface area contributed by atoms with Crippen molar-refractivity contribution in [3.63, 3.8) is 0 Å². The van der Waals surface area contributed by atoms with Gasteiger partial charge in [0.2, 0.25) is 11.8 Å². The largest absolute Gasteiger partial charge is 0.274 e. The van der Waals surface area contributed by atoms with E-state index in [2.05, 4.69) is 15.9 Å². The van der Waals surface area contributed by atoms with Crippen LogP contribution in [0.25, 0.3) is 0 Å². The predicted octanol–water partition coefficient (Wildman–Crippen LogP) is 2.88. The van der Waals surface area contributed by atoms with E-state index in [1.54, 1.807) is 0 Å². The fourth-order valence-corrected chi connectivity index (χ4v) is 2.27. The molecule has 2 amide bonds. The van der Waals surface area contributed by atoms with E-state index in [4.69, 9.17) is 0 Å². The fourth-order valence-electron chi connectivity index (χ4n) is 1.90. The molecule has 0 atom stereocenters. The molecule has 1 aromatic rings. The summed E-state index contributed by atoms with van der Waals surface area (Å²) in [5, 5.41) is 0. The Bertz CT molecular complexity index is 471. The summed E-state index contributed by atoms with van der Waals surface area (Å²) in [6.07, 6.45) is 0.696. The highest BCUT2D eigenvalue weighted by atomic mass is 79.9. The van der Waals surface area contributed by atoms with E-state index in [-0.39, 0.29) is 22.2 Å². The maximum absolute atomic E-state index is 13.1. The summed E-state index contributed by atoms with van der Waals surface area (Å²) in [5.41, 5.74) is 0.417. The molecule has 0 radical (unpaired) electrons. The van der Waals surface area contributed by atoms with Crippen LogP contribution in [0.15, 0.2) is 22.7 Å². The van der Waals surface area contributed by atoms with E-state index in [1.807, 2.05) is 6.92 Å². The van der Waals surface area contributed by atoms with E-state index >= 15 is 0 Å². The van der Waals surface area contributed by atoms with Crippen LogP contribution in [0.3, 0.4) is 0 Å². The van der Waals surface area contributed by atoms with E-state index in [0.717, 1.165) is 4.90 Å². The molecule has 0 saturated carbocycles. The monoisotopic (exact) mass is 299 g/mol. The van der Waals surface area contributed by atoms with Crippen molar-refractivity contribution in [1.82, 2.24) is 0 Å². The third kappa shape index (κ3) is 2.39. The first-order valence-electron chi connectivity index (χ1n) is 5.30. The molecule has 0 N–H and O–H groups in total. The average Bonchev–Trinajstić information content (AvgIpc) is 2.21. The first-order valence-corrected chi connectivity index (χ1v) is 6.09. The molecule has 1 aromatic carbocycles. The highest BCUT2D eigenvalue weighted by Gasteiger charge is 2.31. The van der Waals surface area contributed by atoms with Gasteiger partial charge in [0, 0.05) is 12.8 Å². The number of imide groups is 1. The Morgan fingerprint density at radius 3 is 2.41 bits per heavy atom. The summed E-state index contributed by atoms with van der Waals surface area (Å²) < 4.78 is 13.3. The number of hydrogen-bond acceptors (Lipinski definition) is 2. The first kappa shape index (κ1) is 12.2. The third-order valence-electron chi connectivity index (χ3n) is 2.71. The van der Waals surface area contributed by atoms with Gasteiger partial charge in [0.05, 0.1) is 10.2 Å². The zero-order valence-corrected chi connectivity index (χ0v) is 10.8. The molecule has 2 rings (SSSR count). The molecule has 1 aliphatic rings. The lowest BCUT2D eigenvalue weighted by atomic mass is 9.97. The first-order chi connectivity index (χ1) is 7.99. The van der Waals surface area contributed by atoms with Crippen molar-refractivity contribution in [2.45, 2.75) is 19.8 Å². The molecule has 90 valence electrons. The lowest BCUT2D eigenvalue weighted by Gasteiger charge is -2.28. The van der Waals surface area contributed by atoms with E-state index in [9.17, 15) is 14.0 Å². The Hall–Kier alpha value is -1.23. The second kappa shape index (κ2) is 4.56. The van der Waals surface area contributed by atoms with E-state index in [1.165, 1.54) is 18.2 Å². The highest BCUT2D eigenvalue weighted by molar-refractivity contribution is 9.10. The van der Waals surface area contributed by atoms with E-state index in [0.29, 0.717) is 18.5 Å². The summed E-state index contributed by atoms with van der Waals surface area (Å²) in [4.78, 5) is 24.7. The Balaban J connectivity index is 2.35. The molecule has 0 aromatic heterocycles. The molecule has 1 heterocycles. The quantitative estimate of drug-likeness (QED) is 0.748. The molecule has 5 heteroatoms. The zero-order valence-electron chi connectivity index (χ0n) is 9.24. The molecule has 3 nitrogen and oxygen atoms in total. The standard InChI is InChI=1S/C12H11BrFNO2/c1-7-4-11(16)15(12(17)5-7)8-2-3-10(14)9(13)6-8/h2-3,6-7H,4-5H2,1H3. The van der Waals surface area contributed by atoms with Crippen LogP contribution < -0.4 is 4.90 Å². The minimum Gasteiger partial charge on any atom is -0.274 e. The molecule has 17 heavy (non-hydrogen) atoms. The topological polar surface area (TPSA) is 37.4 Å². The Morgan fingerprint density at radius 1 is 1.29 bits per heavy atom. The summed E-state index contributed by atoms with van der Waals surface area (Å²) in [5.74, 6) is -0.798. The second-order valence-electron chi connectivity index (χ2n) is 4.23. The van der Waals surface area contributed by atoms with Crippen LogP contribution in [0.4, 0.5) is 10.1 Å². The summed E-state index contributed by atoms with van der Waals surface area (Å²) in [7, 11) is 0. The molecule has 0 spiro atoms. The van der Waals surface area contributed by atoms with Crippen molar-refractivity contribution in [3.8, 4) is 0 Å². The number of hydrogen-bond donors (Lipinski definition) is 0. The van der Waals surface area contributed by atoms with Crippen LogP contribution in [0.5, 0.6) is 0 Å². The normalized spacial score (nSPS) is 17.7. The SMILES string of the molecule is CC1CC(=O)N(c2ccc(F)c(Br)c2)C(=O)C1. The number of benzene rings is 1. The van der Waals surface area contributed by atoms with Crippen molar-refractivity contribution < 1.29 is 14.0 Å². The van der Waals surface area contributed by atoms with Crippen molar-refractivity contribution in [1.29, 1.82) is 0 Å². The summed E-state index contributed by atoms with van der Waals surface area (Å²) in [6, 6.07) is 4.12. The average molecular weight is 300 g/mol. The Morgan fingerprint density at radius 2 is 1.88 bits per heavy atom. The van der Waals surface area contributed by atoms with Crippen LogP contribution >= 0.6 is 15.9 Å². The van der Waals surface area contributed by atoms with E-state index < -0.39 is 5.82 Å². The number of carbonyl (C=O) groups is 2. The lowest BCUT2D eigenvalue weighted by molar-refractivity contribution is -0.130. The lowest BCUT2D eigenvalue weighted by Crippen LogP contribution is -2.42. The van der Waals surface area contributed by atoms with Crippen molar-refractivity contribution in [2.75, 3.05) is 4.90 Å². The maximum Gasteiger partial charge on any atom is 0.234 e. The van der Waals surface area contributed by atoms with Crippen LogP contribution in [0.1, 0.15) is 19.8 Å². The molecule has 0 aliphatic carbocycles. The van der Waals surface area contributed by atoms with Crippen molar-refractivity contribution in [3.05, 3.63) is 28.5 Å². The summed E-state index contributed by atoms with van der Waals surface area (Å²) in [6.45, 7) is 1.87. The molecule has 1 saturated heterocycles. The number of anilines is 1. The maximum atomic E-state index is 13.1. The smallest absolute Gasteiger partial charge is 0.234 e. The van der Waals surface area contributed by atoms with Gasteiger partial charge in [-0.3, -0.25) is 14.5 Å². The van der Waals surface area contributed by atoms with Crippen LogP contribution in [-0.4, -0.2) is 11.8 Å². The minimum absolute atomic E-state index is 0.0788. The molecule has 0 unspecified atom stereocenters. The number of nitrogens with zero attached hydrogens (tertiary/aromatic N) is 1. The van der Waals surface area contributed by atoms with Gasteiger partial charge in [0.1, 0.15) is 5.82 Å². The van der Waals surface area contributed by atoms with Gasteiger partial charge in [-0.25, -0.2) is 4.39 Å². The van der Waals surface area contributed by atoms with Crippen LogP contribution in [0, 0.1) is 11.7 Å². The van der Waals surface area contributed by atoms with Crippen molar-refractivity contribution >= 4 is 33.4 Å². The third-order valence-corrected chi connectivity index (χ3v) is 3.31. The number of halogens is 2. The molecule has 1 aliphatic heterocycles. The zero-order chi connectivity index (χ0) is 12.6.